The fourth-order valence-corrected chi connectivity index (χ4v) is 3.94. The van der Waals surface area contributed by atoms with Crippen LogP contribution in [0.15, 0.2) is 56.7 Å². The van der Waals surface area contributed by atoms with Crippen LogP contribution in [0.4, 0.5) is 5.69 Å². The molecule has 0 unspecified atom stereocenters. The molecule has 0 bridgehead atoms. The number of hydrogen-bond acceptors (Lipinski definition) is 6. The number of ether oxygens (including phenoxy) is 1. The van der Waals surface area contributed by atoms with E-state index in [-0.39, 0.29) is 17.6 Å². The molecular formula is C23H21BrN4O4. The van der Waals surface area contributed by atoms with Gasteiger partial charge in [0.1, 0.15) is 11.5 Å². The van der Waals surface area contributed by atoms with E-state index in [1.165, 1.54) is 6.20 Å². The summed E-state index contributed by atoms with van der Waals surface area (Å²) in [7, 11) is 1.58. The standard InChI is InChI=1S/C23H21BrN4O4/c1-13-20-18(27-28-22(29)14-10-15(24)12-25-11-14)4-3-5-19(20)32-21(13)23(30)26-16-6-8-17(31-2)9-7-16/h6-12H,3-5H2,1-2H3,(H,26,30)(H,28,29)/b27-18+. The molecule has 2 aromatic heterocycles. The number of aromatic nitrogens is 1. The number of nitrogens with one attached hydrogen (secondary N) is 2. The van der Waals surface area contributed by atoms with E-state index in [1.54, 1.807) is 43.6 Å². The number of fused-ring (bicyclic) bond motifs is 1. The van der Waals surface area contributed by atoms with E-state index in [1.807, 2.05) is 6.92 Å². The van der Waals surface area contributed by atoms with Gasteiger partial charge < -0.3 is 14.5 Å². The fraction of sp³-hybridized carbons (Fsp3) is 0.217. The molecule has 2 amide bonds. The van der Waals surface area contributed by atoms with Crippen molar-refractivity contribution in [2.45, 2.75) is 26.2 Å². The van der Waals surface area contributed by atoms with Crippen LogP contribution in [0, 0.1) is 6.92 Å². The van der Waals surface area contributed by atoms with Crippen molar-refractivity contribution in [3.63, 3.8) is 0 Å². The van der Waals surface area contributed by atoms with E-state index in [9.17, 15) is 9.59 Å². The third kappa shape index (κ3) is 4.57. The Bertz CT molecular complexity index is 1200. The molecule has 0 aliphatic heterocycles. The number of benzene rings is 1. The lowest BCUT2D eigenvalue weighted by atomic mass is 9.93. The molecule has 2 N–H and O–H groups in total. The number of rotatable bonds is 5. The molecule has 0 radical (unpaired) electrons. The molecule has 9 heteroatoms. The first-order valence-electron chi connectivity index (χ1n) is 10.0. The lowest BCUT2D eigenvalue weighted by molar-refractivity contribution is 0.0953. The van der Waals surface area contributed by atoms with Crippen molar-refractivity contribution in [2.75, 3.05) is 12.4 Å². The van der Waals surface area contributed by atoms with Crippen molar-refractivity contribution in [3.05, 3.63) is 75.4 Å². The Kier molecular flexibility index (Phi) is 6.36. The number of aryl methyl sites for hydroxylation is 1. The number of anilines is 1. The fourth-order valence-electron chi connectivity index (χ4n) is 3.58. The van der Waals surface area contributed by atoms with Crippen molar-refractivity contribution in [1.82, 2.24) is 10.4 Å². The maximum Gasteiger partial charge on any atom is 0.291 e. The molecule has 1 aromatic carbocycles. The number of methoxy groups -OCH3 is 1. The number of carbonyl (C=O) groups is 2. The van der Waals surface area contributed by atoms with Gasteiger partial charge in [-0.1, -0.05) is 0 Å². The van der Waals surface area contributed by atoms with Gasteiger partial charge >= 0.3 is 0 Å². The molecule has 3 aromatic rings. The van der Waals surface area contributed by atoms with E-state index in [2.05, 4.69) is 36.8 Å². The molecule has 2 heterocycles. The SMILES string of the molecule is COc1ccc(NC(=O)c2oc3c(c2C)/C(=N/NC(=O)c2cncc(Br)c2)CCC3)cc1. The first kappa shape index (κ1) is 21.8. The predicted octanol–water partition coefficient (Wildman–Crippen LogP) is 4.48. The number of amides is 2. The van der Waals surface area contributed by atoms with Crippen LogP contribution < -0.4 is 15.5 Å². The zero-order chi connectivity index (χ0) is 22.7. The van der Waals surface area contributed by atoms with Gasteiger partial charge in [0.2, 0.25) is 0 Å². The van der Waals surface area contributed by atoms with Crippen molar-refractivity contribution in [2.24, 2.45) is 5.10 Å². The first-order valence-corrected chi connectivity index (χ1v) is 10.8. The van der Waals surface area contributed by atoms with Crippen LogP contribution in [0.25, 0.3) is 0 Å². The average molecular weight is 497 g/mol. The number of furan rings is 1. The summed E-state index contributed by atoms with van der Waals surface area (Å²) in [5.41, 5.74) is 5.78. The Balaban J connectivity index is 1.54. The van der Waals surface area contributed by atoms with Crippen LogP contribution >= 0.6 is 15.9 Å². The lowest BCUT2D eigenvalue weighted by Crippen LogP contribution is -2.22. The topological polar surface area (TPSA) is 106 Å². The third-order valence-electron chi connectivity index (χ3n) is 5.14. The maximum atomic E-state index is 12.8. The summed E-state index contributed by atoms with van der Waals surface area (Å²) in [6.45, 7) is 1.83. The molecule has 0 spiro atoms. The van der Waals surface area contributed by atoms with Crippen LogP contribution in [0.5, 0.6) is 5.75 Å². The number of pyridine rings is 1. The highest BCUT2D eigenvalue weighted by molar-refractivity contribution is 9.10. The Morgan fingerprint density at radius 1 is 1.16 bits per heavy atom. The van der Waals surface area contributed by atoms with Crippen LogP contribution in [-0.4, -0.2) is 29.6 Å². The van der Waals surface area contributed by atoms with Crippen molar-refractivity contribution < 1.29 is 18.7 Å². The average Bonchev–Trinajstić information content (AvgIpc) is 3.15. The third-order valence-corrected chi connectivity index (χ3v) is 5.57. The lowest BCUT2D eigenvalue weighted by Gasteiger charge is -2.13. The van der Waals surface area contributed by atoms with Gasteiger partial charge in [-0.05, 0) is 66.0 Å². The van der Waals surface area contributed by atoms with Gasteiger partial charge in [-0.15, -0.1) is 0 Å². The Labute approximate surface area is 193 Å². The van der Waals surface area contributed by atoms with Gasteiger partial charge in [-0.2, -0.15) is 5.10 Å². The van der Waals surface area contributed by atoms with E-state index >= 15 is 0 Å². The quantitative estimate of drug-likeness (QED) is 0.506. The molecule has 1 aliphatic carbocycles. The zero-order valence-corrected chi connectivity index (χ0v) is 19.2. The number of carbonyl (C=O) groups excluding carboxylic acids is 2. The van der Waals surface area contributed by atoms with Gasteiger partial charge in [-0.25, -0.2) is 5.43 Å². The molecule has 4 rings (SSSR count). The molecule has 32 heavy (non-hydrogen) atoms. The Hall–Kier alpha value is -3.46. The number of hydrazone groups is 1. The largest absolute Gasteiger partial charge is 0.497 e. The molecule has 164 valence electrons. The number of halogens is 1. The molecule has 1 aliphatic rings. The second-order valence-corrected chi connectivity index (χ2v) is 8.20. The van der Waals surface area contributed by atoms with E-state index < -0.39 is 0 Å². The summed E-state index contributed by atoms with van der Waals surface area (Å²) < 4.78 is 11.7. The number of hydrogen-bond donors (Lipinski definition) is 2. The van der Waals surface area contributed by atoms with Gasteiger partial charge in [-0.3, -0.25) is 14.6 Å². The molecule has 8 nitrogen and oxygen atoms in total. The van der Waals surface area contributed by atoms with Crippen molar-refractivity contribution in [1.29, 1.82) is 0 Å². The smallest absolute Gasteiger partial charge is 0.291 e. The number of nitrogens with zero attached hydrogens (tertiary/aromatic N) is 2. The molecule has 0 atom stereocenters. The van der Waals surface area contributed by atoms with Gasteiger partial charge in [0.15, 0.2) is 5.76 Å². The normalized spacial score (nSPS) is 14.0. The van der Waals surface area contributed by atoms with Gasteiger partial charge in [0, 0.05) is 40.1 Å². The highest BCUT2D eigenvalue weighted by Gasteiger charge is 2.28. The van der Waals surface area contributed by atoms with Crippen LogP contribution in [0.3, 0.4) is 0 Å². The summed E-state index contributed by atoms with van der Waals surface area (Å²) in [5.74, 6) is 0.936. The highest BCUT2D eigenvalue weighted by atomic mass is 79.9. The Morgan fingerprint density at radius 3 is 2.66 bits per heavy atom. The predicted molar refractivity (Wildman–Crippen MR) is 123 cm³/mol. The highest BCUT2D eigenvalue weighted by Crippen LogP contribution is 2.30. The summed E-state index contributed by atoms with van der Waals surface area (Å²) in [6.07, 6.45) is 5.26. The van der Waals surface area contributed by atoms with E-state index in [0.717, 1.165) is 12.0 Å². The van der Waals surface area contributed by atoms with Gasteiger partial charge in [0.25, 0.3) is 11.8 Å². The second-order valence-electron chi connectivity index (χ2n) is 7.28. The minimum Gasteiger partial charge on any atom is -0.497 e. The summed E-state index contributed by atoms with van der Waals surface area (Å²) in [4.78, 5) is 29.3. The van der Waals surface area contributed by atoms with Crippen LogP contribution in [0.2, 0.25) is 0 Å². The maximum absolute atomic E-state index is 12.8. The van der Waals surface area contributed by atoms with E-state index in [0.29, 0.717) is 51.4 Å². The van der Waals surface area contributed by atoms with Crippen LogP contribution in [-0.2, 0) is 6.42 Å². The minimum absolute atomic E-state index is 0.239. The first-order chi connectivity index (χ1) is 15.5. The molecule has 0 saturated carbocycles. The summed E-state index contributed by atoms with van der Waals surface area (Å²) >= 11 is 3.30. The molecule has 0 fully saturated rings. The molecular weight excluding hydrogens is 476 g/mol. The van der Waals surface area contributed by atoms with Crippen LogP contribution in [0.1, 0.15) is 50.6 Å². The second kappa shape index (κ2) is 9.35. The van der Waals surface area contributed by atoms with Crippen molar-refractivity contribution in [3.8, 4) is 5.75 Å². The zero-order valence-electron chi connectivity index (χ0n) is 17.6. The summed E-state index contributed by atoms with van der Waals surface area (Å²) in [6, 6.07) is 8.72. The minimum atomic E-state index is -0.364. The summed E-state index contributed by atoms with van der Waals surface area (Å²) in [5, 5.41) is 7.18. The Morgan fingerprint density at radius 2 is 1.94 bits per heavy atom. The van der Waals surface area contributed by atoms with Gasteiger partial charge in [0.05, 0.1) is 18.4 Å². The monoisotopic (exact) mass is 496 g/mol. The van der Waals surface area contributed by atoms with Crippen molar-refractivity contribution >= 4 is 39.1 Å². The molecule has 0 saturated heterocycles. The van der Waals surface area contributed by atoms with E-state index in [4.69, 9.17) is 9.15 Å².